The molecular formula is C9H11Cl. The zero-order valence-corrected chi connectivity index (χ0v) is 6.75. The summed E-state index contributed by atoms with van der Waals surface area (Å²) in [5, 5.41) is 0. The molecule has 0 bridgehead atoms. The fourth-order valence-corrected chi connectivity index (χ4v) is 0.385. The van der Waals surface area contributed by atoms with Crippen LogP contribution in [0, 0.1) is 0 Å². The SMILES string of the molecule is CC=CCl.c1ccccc1. The van der Waals surface area contributed by atoms with E-state index in [4.69, 9.17) is 11.6 Å². The fourth-order valence-electron chi connectivity index (χ4n) is 0.385. The molecule has 54 valence electrons. The van der Waals surface area contributed by atoms with Crippen molar-refractivity contribution in [2.75, 3.05) is 0 Å². The molecule has 0 fully saturated rings. The third kappa shape index (κ3) is 7.25. The van der Waals surface area contributed by atoms with Gasteiger partial charge in [0, 0.05) is 0 Å². The number of halogens is 1. The molecule has 0 atom stereocenters. The summed E-state index contributed by atoms with van der Waals surface area (Å²) >= 11 is 5.01. The molecule has 0 unspecified atom stereocenters. The van der Waals surface area contributed by atoms with Crippen LogP contribution >= 0.6 is 11.6 Å². The molecule has 0 N–H and O–H groups in total. The van der Waals surface area contributed by atoms with Gasteiger partial charge in [-0.2, -0.15) is 0 Å². The van der Waals surface area contributed by atoms with Crippen LogP contribution in [-0.2, 0) is 0 Å². The van der Waals surface area contributed by atoms with E-state index in [0.29, 0.717) is 0 Å². The quantitative estimate of drug-likeness (QED) is 0.537. The Morgan fingerprint density at radius 2 is 1.10 bits per heavy atom. The van der Waals surface area contributed by atoms with Crippen molar-refractivity contribution in [3.63, 3.8) is 0 Å². The maximum absolute atomic E-state index is 5.01. The Labute approximate surface area is 67.1 Å². The lowest BCUT2D eigenvalue weighted by Crippen LogP contribution is -1.47. The monoisotopic (exact) mass is 154 g/mol. The van der Waals surface area contributed by atoms with Gasteiger partial charge in [0.05, 0.1) is 0 Å². The first-order chi connectivity index (χ1) is 4.91. The zero-order valence-electron chi connectivity index (χ0n) is 6.00. The third-order valence-electron chi connectivity index (χ3n) is 0.793. The molecular weight excluding hydrogens is 144 g/mol. The standard InChI is InChI=1S/C6H6.C3H5Cl/c1-2-4-6-5-3-1;1-2-3-4/h1-6H;2-3H,1H3. The highest BCUT2D eigenvalue weighted by Crippen LogP contribution is 1.79. The summed E-state index contributed by atoms with van der Waals surface area (Å²) in [6, 6.07) is 12.0. The second-order valence-electron chi connectivity index (χ2n) is 1.61. The Kier molecular flexibility index (Phi) is 7.63. The van der Waals surface area contributed by atoms with Gasteiger partial charge in [-0.3, -0.25) is 0 Å². The summed E-state index contributed by atoms with van der Waals surface area (Å²) in [6.07, 6.45) is 1.77. The van der Waals surface area contributed by atoms with Gasteiger partial charge in [-0.05, 0) is 12.5 Å². The van der Waals surface area contributed by atoms with Gasteiger partial charge in [0.25, 0.3) is 0 Å². The molecule has 0 spiro atoms. The fraction of sp³-hybridized carbons (Fsp3) is 0.111. The summed E-state index contributed by atoms with van der Waals surface area (Å²) in [7, 11) is 0. The van der Waals surface area contributed by atoms with E-state index in [0.717, 1.165) is 0 Å². The first-order valence-electron chi connectivity index (χ1n) is 3.13. The molecule has 1 aromatic carbocycles. The van der Waals surface area contributed by atoms with Gasteiger partial charge in [0.2, 0.25) is 0 Å². The number of benzene rings is 1. The molecule has 0 saturated carbocycles. The van der Waals surface area contributed by atoms with E-state index in [-0.39, 0.29) is 0 Å². The molecule has 1 heteroatoms. The van der Waals surface area contributed by atoms with E-state index in [1.165, 1.54) is 5.54 Å². The van der Waals surface area contributed by atoms with Crippen molar-refractivity contribution in [1.82, 2.24) is 0 Å². The van der Waals surface area contributed by atoms with Gasteiger partial charge >= 0.3 is 0 Å². The maximum atomic E-state index is 5.01. The molecule has 1 rings (SSSR count). The summed E-state index contributed by atoms with van der Waals surface area (Å²) in [5.41, 5.74) is 1.47. The minimum absolute atomic E-state index is 1.47. The number of hydrogen-bond acceptors (Lipinski definition) is 0. The van der Waals surface area contributed by atoms with Gasteiger partial charge in [-0.15, -0.1) is 0 Å². The minimum Gasteiger partial charge on any atom is -0.0933 e. The van der Waals surface area contributed by atoms with Crippen molar-refractivity contribution in [2.45, 2.75) is 6.92 Å². The van der Waals surface area contributed by atoms with E-state index in [2.05, 4.69) is 0 Å². The molecule has 0 aliphatic rings. The molecule has 1 aromatic rings. The summed E-state index contributed by atoms with van der Waals surface area (Å²) < 4.78 is 0. The summed E-state index contributed by atoms with van der Waals surface area (Å²) in [4.78, 5) is 0. The zero-order chi connectivity index (χ0) is 7.66. The molecule has 10 heavy (non-hydrogen) atoms. The van der Waals surface area contributed by atoms with Crippen LogP contribution in [0.15, 0.2) is 48.0 Å². The van der Waals surface area contributed by atoms with Crippen LogP contribution in [0.2, 0.25) is 0 Å². The molecule has 0 aromatic heterocycles. The lowest BCUT2D eigenvalue weighted by atomic mass is 10.4. The number of hydrogen-bond donors (Lipinski definition) is 0. The first kappa shape index (κ1) is 9.25. The Morgan fingerprint density at radius 1 is 0.900 bits per heavy atom. The molecule has 0 aliphatic carbocycles. The van der Waals surface area contributed by atoms with Crippen molar-refractivity contribution >= 4 is 11.6 Å². The summed E-state index contributed by atoms with van der Waals surface area (Å²) in [5.74, 6) is 0. The van der Waals surface area contributed by atoms with Crippen molar-refractivity contribution < 1.29 is 0 Å². The van der Waals surface area contributed by atoms with Crippen molar-refractivity contribution in [3.8, 4) is 0 Å². The van der Waals surface area contributed by atoms with E-state index in [1.54, 1.807) is 6.08 Å². The normalized spacial score (nSPS) is 8.60. The van der Waals surface area contributed by atoms with Crippen molar-refractivity contribution in [1.29, 1.82) is 0 Å². The van der Waals surface area contributed by atoms with Gasteiger partial charge in [-0.1, -0.05) is 54.1 Å². The van der Waals surface area contributed by atoms with Crippen LogP contribution in [0.4, 0.5) is 0 Å². The second-order valence-corrected chi connectivity index (χ2v) is 1.87. The van der Waals surface area contributed by atoms with Crippen molar-refractivity contribution in [2.24, 2.45) is 0 Å². The Balaban J connectivity index is 0.000000180. The first-order valence-corrected chi connectivity index (χ1v) is 3.57. The smallest absolute Gasteiger partial charge is 0.0000330 e. The summed E-state index contributed by atoms with van der Waals surface area (Å²) in [6.45, 7) is 1.87. The van der Waals surface area contributed by atoms with E-state index in [1.807, 2.05) is 43.3 Å². The lowest BCUT2D eigenvalue weighted by Gasteiger charge is -1.69. The highest BCUT2D eigenvalue weighted by molar-refractivity contribution is 6.25. The van der Waals surface area contributed by atoms with Gasteiger partial charge in [-0.25, -0.2) is 0 Å². The Bertz CT molecular complexity index is 125. The Hall–Kier alpha value is -0.750. The van der Waals surface area contributed by atoms with Crippen LogP contribution in [0.25, 0.3) is 0 Å². The van der Waals surface area contributed by atoms with Gasteiger partial charge < -0.3 is 0 Å². The molecule has 0 heterocycles. The average Bonchev–Trinajstić information content (AvgIpc) is 2.08. The largest absolute Gasteiger partial charge is 0.0933 e. The highest BCUT2D eigenvalue weighted by Gasteiger charge is 1.57. The van der Waals surface area contributed by atoms with E-state index >= 15 is 0 Å². The molecule has 0 nitrogen and oxygen atoms in total. The number of allylic oxidation sites excluding steroid dienone is 1. The molecule has 0 aliphatic heterocycles. The van der Waals surface area contributed by atoms with Crippen LogP contribution < -0.4 is 0 Å². The topological polar surface area (TPSA) is 0 Å². The predicted octanol–water partition coefficient (Wildman–Crippen LogP) is 3.45. The van der Waals surface area contributed by atoms with Crippen LogP contribution in [-0.4, -0.2) is 0 Å². The van der Waals surface area contributed by atoms with Crippen LogP contribution in [0.3, 0.4) is 0 Å². The Morgan fingerprint density at radius 3 is 1.20 bits per heavy atom. The molecule has 0 radical (unpaired) electrons. The minimum atomic E-state index is 1.47. The maximum Gasteiger partial charge on any atom is -0.0000330 e. The second kappa shape index (κ2) is 8.25. The van der Waals surface area contributed by atoms with Gasteiger partial charge in [0.1, 0.15) is 0 Å². The van der Waals surface area contributed by atoms with E-state index < -0.39 is 0 Å². The van der Waals surface area contributed by atoms with Crippen LogP contribution in [0.5, 0.6) is 0 Å². The highest BCUT2D eigenvalue weighted by atomic mass is 35.5. The molecule has 0 saturated heterocycles. The van der Waals surface area contributed by atoms with Crippen molar-refractivity contribution in [3.05, 3.63) is 48.0 Å². The number of rotatable bonds is 0. The average molecular weight is 155 g/mol. The lowest BCUT2D eigenvalue weighted by molar-refractivity contribution is 1.72. The molecule has 0 amide bonds. The predicted molar refractivity (Wildman–Crippen MR) is 47.1 cm³/mol. The van der Waals surface area contributed by atoms with E-state index in [9.17, 15) is 0 Å². The van der Waals surface area contributed by atoms with Gasteiger partial charge in [0.15, 0.2) is 0 Å². The van der Waals surface area contributed by atoms with Crippen LogP contribution in [0.1, 0.15) is 6.92 Å². The third-order valence-corrected chi connectivity index (χ3v) is 1.04.